The van der Waals surface area contributed by atoms with Crippen LogP contribution in [0, 0.1) is 5.92 Å². The molecular formula is C16H33Cl2N3O2. The lowest BCUT2D eigenvalue weighted by Gasteiger charge is -2.39. The second-order valence-electron chi connectivity index (χ2n) is 6.69. The highest BCUT2D eigenvalue weighted by Gasteiger charge is 2.27. The van der Waals surface area contributed by atoms with Crippen molar-refractivity contribution in [2.75, 3.05) is 39.3 Å². The molecule has 138 valence electrons. The maximum Gasteiger partial charge on any atom is 0.222 e. The molecule has 2 rings (SSSR count). The number of carbonyl (C=O) groups is 1. The van der Waals surface area contributed by atoms with Gasteiger partial charge in [-0.15, -0.1) is 24.8 Å². The van der Waals surface area contributed by atoms with Crippen LogP contribution >= 0.6 is 24.8 Å². The Morgan fingerprint density at radius 3 is 2.22 bits per heavy atom. The van der Waals surface area contributed by atoms with Gasteiger partial charge >= 0.3 is 0 Å². The van der Waals surface area contributed by atoms with Crippen molar-refractivity contribution in [1.29, 1.82) is 0 Å². The average Bonchev–Trinajstić information content (AvgIpc) is 2.44. The molecule has 2 heterocycles. The fourth-order valence-corrected chi connectivity index (χ4v) is 3.57. The second-order valence-corrected chi connectivity index (χ2v) is 6.69. The third-order valence-corrected chi connectivity index (χ3v) is 4.57. The molecule has 0 radical (unpaired) electrons. The third kappa shape index (κ3) is 7.57. The zero-order valence-corrected chi connectivity index (χ0v) is 16.0. The van der Waals surface area contributed by atoms with Crippen molar-refractivity contribution in [2.45, 2.75) is 51.7 Å². The zero-order chi connectivity index (χ0) is 15.2. The predicted molar refractivity (Wildman–Crippen MR) is 98.5 cm³/mol. The maximum atomic E-state index is 12.0. The Morgan fingerprint density at radius 2 is 1.70 bits per heavy atom. The standard InChI is InChI=1S/C16H31N3O2.2ClH/c1-13-10-18(11-14(2)21-13)12-15-5-8-19(9-6-15)16(20)4-3-7-17;;/h13-15H,3-12,17H2,1-2H3;2*1H. The largest absolute Gasteiger partial charge is 0.373 e. The Hall–Kier alpha value is -0.0700. The lowest BCUT2D eigenvalue weighted by Crippen LogP contribution is -2.48. The summed E-state index contributed by atoms with van der Waals surface area (Å²) < 4.78 is 5.79. The van der Waals surface area contributed by atoms with Gasteiger partial charge in [0.25, 0.3) is 0 Å². The van der Waals surface area contributed by atoms with Gasteiger partial charge in [-0.3, -0.25) is 9.69 Å². The maximum absolute atomic E-state index is 12.0. The van der Waals surface area contributed by atoms with Crippen molar-refractivity contribution in [2.24, 2.45) is 11.7 Å². The molecule has 0 bridgehead atoms. The van der Waals surface area contributed by atoms with Crippen LogP contribution < -0.4 is 5.73 Å². The lowest BCUT2D eigenvalue weighted by molar-refractivity contribution is -0.132. The SMILES string of the molecule is CC1CN(CC2CCN(C(=O)CCCN)CC2)CC(C)O1.Cl.Cl. The molecule has 0 aromatic carbocycles. The van der Waals surface area contributed by atoms with E-state index in [-0.39, 0.29) is 30.7 Å². The van der Waals surface area contributed by atoms with Crippen molar-refractivity contribution >= 4 is 30.7 Å². The third-order valence-electron chi connectivity index (χ3n) is 4.57. The van der Waals surface area contributed by atoms with E-state index in [0.717, 1.165) is 57.9 Å². The zero-order valence-electron chi connectivity index (χ0n) is 14.4. The van der Waals surface area contributed by atoms with Gasteiger partial charge in [0.15, 0.2) is 0 Å². The molecule has 2 aliphatic rings. The minimum Gasteiger partial charge on any atom is -0.373 e. The van der Waals surface area contributed by atoms with Gasteiger partial charge in [-0.1, -0.05) is 0 Å². The van der Waals surface area contributed by atoms with Crippen LogP contribution in [0.2, 0.25) is 0 Å². The van der Waals surface area contributed by atoms with Crippen molar-refractivity contribution < 1.29 is 9.53 Å². The number of halogens is 2. The normalized spacial score (nSPS) is 26.3. The summed E-state index contributed by atoms with van der Waals surface area (Å²) >= 11 is 0. The van der Waals surface area contributed by atoms with Gasteiger partial charge in [-0.05, 0) is 45.6 Å². The molecular weight excluding hydrogens is 337 g/mol. The van der Waals surface area contributed by atoms with Gasteiger partial charge in [-0.25, -0.2) is 0 Å². The van der Waals surface area contributed by atoms with E-state index in [0.29, 0.717) is 25.2 Å². The molecule has 2 fully saturated rings. The number of carbonyl (C=O) groups excluding carboxylic acids is 1. The van der Waals surface area contributed by atoms with Gasteiger partial charge in [0.2, 0.25) is 5.91 Å². The summed E-state index contributed by atoms with van der Waals surface area (Å²) in [5.41, 5.74) is 5.47. The van der Waals surface area contributed by atoms with E-state index in [1.54, 1.807) is 0 Å². The van der Waals surface area contributed by atoms with Gasteiger partial charge < -0.3 is 15.4 Å². The number of nitrogens with zero attached hydrogens (tertiary/aromatic N) is 2. The monoisotopic (exact) mass is 369 g/mol. The number of rotatable bonds is 5. The van der Waals surface area contributed by atoms with Crippen molar-refractivity contribution in [1.82, 2.24) is 9.80 Å². The molecule has 5 nitrogen and oxygen atoms in total. The van der Waals surface area contributed by atoms with Crippen LogP contribution in [0.1, 0.15) is 39.5 Å². The first-order valence-corrected chi connectivity index (χ1v) is 8.44. The van der Waals surface area contributed by atoms with Crippen molar-refractivity contribution in [3.8, 4) is 0 Å². The number of amides is 1. The quantitative estimate of drug-likeness (QED) is 0.803. The molecule has 0 aromatic heterocycles. The Kier molecular flexibility index (Phi) is 11.4. The Morgan fingerprint density at radius 1 is 1.13 bits per heavy atom. The van der Waals surface area contributed by atoms with Crippen LogP contribution in [0.3, 0.4) is 0 Å². The van der Waals surface area contributed by atoms with Gasteiger partial charge in [0.1, 0.15) is 0 Å². The van der Waals surface area contributed by atoms with Crippen LogP contribution in [0.5, 0.6) is 0 Å². The van der Waals surface area contributed by atoms with E-state index >= 15 is 0 Å². The first-order valence-electron chi connectivity index (χ1n) is 8.44. The number of morpholine rings is 1. The van der Waals surface area contributed by atoms with Gasteiger partial charge in [-0.2, -0.15) is 0 Å². The number of ether oxygens (including phenoxy) is 1. The number of hydrogen-bond acceptors (Lipinski definition) is 4. The molecule has 2 N–H and O–H groups in total. The summed E-state index contributed by atoms with van der Waals surface area (Å²) in [6.45, 7) is 9.99. The summed E-state index contributed by atoms with van der Waals surface area (Å²) in [5, 5.41) is 0. The highest BCUT2D eigenvalue weighted by Crippen LogP contribution is 2.21. The van der Waals surface area contributed by atoms with Gasteiger partial charge in [0, 0.05) is 39.1 Å². The van der Waals surface area contributed by atoms with Crippen LogP contribution in [0.25, 0.3) is 0 Å². The van der Waals surface area contributed by atoms with E-state index < -0.39 is 0 Å². The van der Waals surface area contributed by atoms with Gasteiger partial charge in [0.05, 0.1) is 12.2 Å². The molecule has 2 unspecified atom stereocenters. The van der Waals surface area contributed by atoms with Crippen molar-refractivity contribution in [3.05, 3.63) is 0 Å². The summed E-state index contributed by atoms with van der Waals surface area (Å²) in [5.74, 6) is 1.01. The predicted octanol–water partition coefficient (Wildman–Crippen LogP) is 1.92. The highest BCUT2D eigenvalue weighted by molar-refractivity contribution is 5.85. The summed E-state index contributed by atoms with van der Waals surface area (Å²) in [6, 6.07) is 0. The minimum absolute atomic E-state index is 0. The number of hydrogen-bond donors (Lipinski definition) is 1. The van der Waals surface area contributed by atoms with Crippen molar-refractivity contribution in [3.63, 3.8) is 0 Å². The average molecular weight is 370 g/mol. The Bertz CT molecular complexity index is 329. The minimum atomic E-state index is 0. The number of piperidine rings is 1. The van der Waals surface area contributed by atoms with Crippen LogP contribution in [-0.2, 0) is 9.53 Å². The van der Waals surface area contributed by atoms with E-state index in [2.05, 4.69) is 18.7 Å². The molecule has 1 amide bonds. The number of nitrogens with two attached hydrogens (primary N) is 1. The molecule has 0 saturated carbocycles. The molecule has 2 atom stereocenters. The second kappa shape index (κ2) is 11.5. The lowest BCUT2D eigenvalue weighted by atomic mass is 9.95. The molecule has 0 aliphatic carbocycles. The summed E-state index contributed by atoms with van der Waals surface area (Å²) in [7, 11) is 0. The van der Waals surface area contributed by atoms with Crippen LogP contribution in [0.4, 0.5) is 0 Å². The molecule has 0 spiro atoms. The Balaban J connectivity index is 0.00000242. The number of likely N-dealkylation sites (tertiary alicyclic amines) is 1. The fraction of sp³-hybridized carbons (Fsp3) is 0.938. The smallest absolute Gasteiger partial charge is 0.222 e. The van der Waals surface area contributed by atoms with E-state index in [1.807, 2.05) is 4.90 Å². The van der Waals surface area contributed by atoms with E-state index in [4.69, 9.17) is 10.5 Å². The molecule has 23 heavy (non-hydrogen) atoms. The Labute approximate surface area is 153 Å². The summed E-state index contributed by atoms with van der Waals surface area (Å²) in [6.07, 6.45) is 4.36. The highest BCUT2D eigenvalue weighted by atomic mass is 35.5. The molecule has 0 aromatic rings. The molecule has 7 heteroatoms. The fourth-order valence-electron chi connectivity index (χ4n) is 3.57. The summed E-state index contributed by atoms with van der Waals surface area (Å²) in [4.78, 5) is 16.5. The van der Waals surface area contributed by atoms with Crippen LogP contribution in [-0.4, -0.2) is 67.2 Å². The molecule has 2 aliphatic heterocycles. The van der Waals surface area contributed by atoms with E-state index in [1.165, 1.54) is 0 Å². The molecule has 2 saturated heterocycles. The van der Waals surface area contributed by atoms with Crippen LogP contribution in [0.15, 0.2) is 0 Å². The topological polar surface area (TPSA) is 58.8 Å². The first-order chi connectivity index (χ1) is 10.1. The first kappa shape index (κ1) is 22.9. The van der Waals surface area contributed by atoms with E-state index in [9.17, 15) is 4.79 Å².